The van der Waals surface area contributed by atoms with Crippen LogP contribution in [0, 0.1) is 11.8 Å². The van der Waals surface area contributed by atoms with Crippen molar-refractivity contribution in [3.05, 3.63) is 0 Å². The van der Waals surface area contributed by atoms with Crippen molar-refractivity contribution in [3.63, 3.8) is 0 Å². The molecule has 0 spiro atoms. The van der Waals surface area contributed by atoms with Gasteiger partial charge in [0.05, 0.1) is 0 Å². The molecule has 0 aliphatic carbocycles. The fourth-order valence-corrected chi connectivity index (χ4v) is 2.25. The van der Waals surface area contributed by atoms with E-state index in [0.29, 0.717) is 17.9 Å². The molecule has 0 radical (unpaired) electrons. The van der Waals surface area contributed by atoms with Gasteiger partial charge in [0, 0.05) is 18.5 Å². The zero-order valence-corrected chi connectivity index (χ0v) is 9.92. The van der Waals surface area contributed by atoms with Crippen molar-refractivity contribution in [2.24, 2.45) is 11.8 Å². The molecule has 1 saturated heterocycles. The van der Waals surface area contributed by atoms with Crippen LogP contribution in [0.3, 0.4) is 0 Å². The molecule has 1 atom stereocenters. The summed E-state index contributed by atoms with van der Waals surface area (Å²) >= 11 is 0. The molecule has 2 heteroatoms. The Morgan fingerprint density at radius 3 is 2.50 bits per heavy atom. The van der Waals surface area contributed by atoms with Gasteiger partial charge >= 0.3 is 0 Å². The average molecular weight is 197 g/mol. The predicted molar refractivity (Wildman–Crippen MR) is 59.0 cm³/mol. The minimum Gasteiger partial charge on any atom is -0.339 e. The molecule has 0 aromatic rings. The van der Waals surface area contributed by atoms with E-state index in [2.05, 4.69) is 18.7 Å². The van der Waals surface area contributed by atoms with E-state index in [1.54, 1.807) is 0 Å². The highest BCUT2D eigenvalue weighted by molar-refractivity contribution is 5.78. The van der Waals surface area contributed by atoms with Crippen molar-refractivity contribution < 1.29 is 4.79 Å². The minimum atomic E-state index is 0.155. The molecule has 1 aliphatic heterocycles. The van der Waals surface area contributed by atoms with E-state index in [9.17, 15) is 4.79 Å². The molecule has 0 aromatic carbocycles. The second kappa shape index (κ2) is 4.81. The Labute approximate surface area is 87.7 Å². The third-order valence-corrected chi connectivity index (χ3v) is 2.90. The zero-order chi connectivity index (χ0) is 10.7. The van der Waals surface area contributed by atoms with Gasteiger partial charge in [0.25, 0.3) is 0 Å². The van der Waals surface area contributed by atoms with Crippen molar-refractivity contribution in [1.29, 1.82) is 0 Å². The third kappa shape index (κ3) is 2.73. The normalized spacial score (nSPS) is 22.4. The Hall–Kier alpha value is -0.530. The Kier molecular flexibility index (Phi) is 3.97. The van der Waals surface area contributed by atoms with Crippen LogP contribution in [0.25, 0.3) is 0 Å². The van der Waals surface area contributed by atoms with Gasteiger partial charge in [-0.25, -0.2) is 0 Å². The van der Waals surface area contributed by atoms with Crippen LogP contribution < -0.4 is 0 Å². The molecule has 1 rings (SSSR count). The van der Waals surface area contributed by atoms with Gasteiger partial charge in [-0.15, -0.1) is 0 Å². The Balaban J connectivity index is 2.55. The highest BCUT2D eigenvalue weighted by Gasteiger charge is 2.29. The molecule has 1 heterocycles. The number of hydrogen-bond acceptors (Lipinski definition) is 1. The molecule has 0 N–H and O–H groups in total. The summed E-state index contributed by atoms with van der Waals surface area (Å²) in [5.41, 5.74) is 0. The molecule has 0 aromatic heterocycles. The lowest BCUT2D eigenvalue weighted by molar-refractivity contribution is -0.135. The SMILES string of the molecule is CC(C)C[C@H]1CCCN1C(=O)C(C)C. The van der Waals surface area contributed by atoms with Gasteiger partial charge in [-0.1, -0.05) is 27.7 Å². The van der Waals surface area contributed by atoms with Crippen molar-refractivity contribution in [1.82, 2.24) is 4.90 Å². The van der Waals surface area contributed by atoms with Crippen LogP contribution in [0.5, 0.6) is 0 Å². The topological polar surface area (TPSA) is 20.3 Å². The van der Waals surface area contributed by atoms with Crippen LogP contribution in [0.15, 0.2) is 0 Å². The van der Waals surface area contributed by atoms with Gasteiger partial charge in [-0.2, -0.15) is 0 Å². The summed E-state index contributed by atoms with van der Waals surface area (Å²) in [6, 6.07) is 0.518. The lowest BCUT2D eigenvalue weighted by atomic mass is 10.0. The van der Waals surface area contributed by atoms with Gasteiger partial charge in [0.15, 0.2) is 0 Å². The summed E-state index contributed by atoms with van der Waals surface area (Å²) in [5.74, 6) is 1.19. The fraction of sp³-hybridized carbons (Fsp3) is 0.917. The van der Waals surface area contributed by atoms with Gasteiger partial charge in [0.2, 0.25) is 5.91 Å². The van der Waals surface area contributed by atoms with Gasteiger partial charge in [0.1, 0.15) is 0 Å². The maximum absolute atomic E-state index is 11.9. The monoisotopic (exact) mass is 197 g/mol. The molecular formula is C12H23NO. The van der Waals surface area contributed by atoms with Crippen molar-refractivity contribution in [2.75, 3.05) is 6.54 Å². The molecule has 82 valence electrons. The maximum atomic E-state index is 11.9. The van der Waals surface area contributed by atoms with Crippen molar-refractivity contribution in [3.8, 4) is 0 Å². The van der Waals surface area contributed by atoms with Crippen LogP contribution in [0.2, 0.25) is 0 Å². The molecule has 14 heavy (non-hydrogen) atoms. The minimum absolute atomic E-state index is 0.155. The van der Waals surface area contributed by atoms with E-state index >= 15 is 0 Å². The molecule has 2 nitrogen and oxygen atoms in total. The summed E-state index contributed by atoms with van der Waals surface area (Å²) in [4.78, 5) is 14.0. The lowest BCUT2D eigenvalue weighted by Crippen LogP contribution is -2.38. The second-order valence-corrected chi connectivity index (χ2v) is 5.11. The average Bonchev–Trinajstić information content (AvgIpc) is 2.49. The van der Waals surface area contributed by atoms with Crippen LogP contribution >= 0.6 is 0 Å². The first kappa shape index (κ1) is 11.5. The standard InChI is InChI=1S/C12H23NO/c1-9(2)8-11-6-5-7-13(11)12(14)10(3)4/h9-11H,5-8H2,1-4H3/t11-/m1/s1. The first-order valence-corrected chi connectivity index (χ1v) is 5.82. The van der Waals surface area contributed by atoms with Crippen LogP contribution in [-0.4, -0.2) is 23.4 Å². The highest BCUT2D eigenvalue weighted by Crippen LogP contribution is 2.24. The number of rotatable bonds is 3. The first-order valence-electron chi connectivity index (χ1n) is 5.82. The van der Waals surface area contributed by atoms with Crippen molar-refractivity contribution in [2.45, 2.75) is 53.0 Å². The molecule has 1 fully saturated rings. The molecule has 1 aliphatic rings. The Morgan fingerprint density at radius 1 is 1.36 bits per heavy atom. The number of nitrogens with zero attached hydrogens (tertiary/aromatic N) is 1. The van der Waals surface area contributed by atoms with E-state index in [1.165, 1.54) is 19.3 Å². The Morgan fingerprint density at radius 2 is 2.00 bits per heavy atom. The van der Waals surface area contributed by atoms with Crippen LogP contribution in [0.1, 0.15) is 47.0 Å². The summed E-state index contributed by atoms with van der Waals surface area (Å²) < 4.78 is 0. The number of hydrogen-bond donors (Lipinski definition) is 0. The largest absolute Gasteiger partial charge is 0.339 e. The molecule has 1 amide bonds. The van der Waals surface area contributed by atoms with Gasteiger partial charge < -0.3 is 4.90 Å². The third-order valence-electron chi connectivity index (χ3n) is 2.90. The summed E-state index contributed by atoms with van der Waals surface area (Å²) in [6.45, 7) is 9.43. The van der Waals surface area contributed by atoms with Gasteiger partial charge in [-0.3, -0.25) is 4.79 Å². The fourth-order valence-electron chi connectivity index (χ4n) is 2.25. The van der Waals surface area contributed by atoms with Crippen molar-refractivity contribution >= 4 is 5.91 Å². The predicted octanol–water partition coefficient (Wildman–Crippen LogP) is 2.68. The number of likely N-dealkylation sites (tertiary alicyclic amines) is 1. The number of carbonyl (C=O) groups is 1. The molecular weight excluding hydrogens is 174 g/mol. The smallest absolute Gasteiger partial charge is 0.225 e. The van der Waals surface area contributed by atoms with E-state index in [0.717, 1.165) is 6.54 Å². The molecule has 0 saturated carbocycles. The quantitative estimate of drug-likeness (QED) is 0.681. The number of amides is 1. The zero-order valence-electron chi connectivity index (χ0n) is 9.92. The van der Waals surface area contributed by atoms with Crippen LogP contribution in [-0.2, 0) is 4.79 Å². The number of carbonyl (C=O) groups excluding carboxylic acids is 1. The van der Waals surface area contributed by atoms with Gasteiger partial charge in [-0.05, 0) is 25.2 Å². The van der Waals surface area contributed by atoms with E-state index < -0.39 is 0 Å². The second-order valence-electron chi connectivity index (χ2n) is 5.11. The molecule has 0 unspecified atom stereocenters. The maximum Gasteiger partial charge on any atom is 0.225 e. The first-order chi connectivity index (χ1) is 6.52. The molecule has 0 bridgehead atoms. The van der Waals surface area contributed by atoms with Crippen LogP contribution in [0.4, 0.5) is 0 Å². The highest BCUT2D eigenvalue weighted by atomic mass is 16.2. The van der Waals surface area contributed by atoms with E-state index in [-0.39, 0.29) is 5.92 Å². The van der Waals surface area contributed by atoms with E-state index in [1.807, 2.05) is 13.8 Å². The summed E-state index contributed by atoms with van der Waals surface area (Å²) in [5, 5.41) is 0. The summed E-state index contributed by atoms with van der Waals surface area (Å²) in [6.07, 6.45) is 3.56. The Bertz CT molecular complexity index is 198. The lowest BCUT2D eigenvalue weighted by Gasteiger charge is -2.27. The van der Waals surface area contributed by atoms with E-state index in [4.69, 9.17) is 0 Å². The summed E-state index contributed by atoms with van der Waals surface area (Å²) in [7, 11) is 0.